The van der Waals surface area contributed by atoms with Crippen LogP contribution in [0.2, 0.25) is 5.02 Å². The lowest BCUT2D eigenvalue weighted by Gasteiger charge is -2.35. The molecule has 238 valence electrons. The first-order chi connectivity index (χ1) is 20.2. The van der Waals surface area contributed by atoms with Crippen molar-refractivity contribution in [3.63, 3.8) is 0 Å². The number of alkyl halides is 6. The van der Waals surface area contributed by atoms with Crippen LogP contribution in [0.1, 0.15) is 30.5 Å². The number of amides is 1. The second-order valence-electron chi connectivity index (χ2n) is 11.0. The molecule has 1 amide bonds. The Hall–Kier alpha value is -3.36. The number of sulfonamides is 1. The van der Waals surface area contributed by atoms with E-state index in [9.17, 15) is 39.6 Å². The van der Waals surface area contributed by atoms with Crippen LogP contribution in [-0.2, 0) is 32.6 Å². The Morgan fingerprint density at radius 3 is 1.89 bits per heavy atom. The molecule has 1 aliphatic rings. The summed E-state index contributed by atoms with van der Waals surface area (Å²) in [5.74, 6) is -0.334. The van der Waals surface area contributed by atoms with Crippen LogP contribution in [0.15, 0.2) is 54.7 Å². The van der Waals surface area contributed by atoms with E-state index in [2.05, 4.69) is 4.98 Å². The number of aromatic nitrogens is 1. The smallest absolute Gasteiger partial charge is 0.354 e. The Morgan fingerprint density at radius 2 is 1.39 bits per heavy atom. The summed E-state index contributed by atoms with van der Waals surface area (Å²) in [5, 5.41) is 0.320. The van der Waals surface area contributed by atoms with Gasteiger partial charge in [0.15, 0.2) is 0 Å². The first-order valence-electron chi connectivity index (χ1n) is 13.2. The summed E-state index contributed by atoms with van der Waals surface area (Å²) in [4.78, 5) is 21.4. The molecule has 2 aromatic carbocycles. The molecule has 0 N–H and O–H groups in total. The van der Waals surface area contributed by atoms with Crippen LogP contribution in [0.25, 0.3) is 11.1 Å². The number of carbonyl (C=O) groups excluding carboxylic acids is 1. The van der Waals surface area contributed by atoms with Crippen LogP contribution < -0.4 is 9.80 Å². The zero-order valence-corrected chi connectivity index (χ0v) is 25.7. The number of pyridine rings is 1. The second-order valence-corrected chi connectivity index (χ2v) is 13.4. The highest BCUT2D eigenvalue weighted by molar-refractivity contribution is 7.88. The molecule has 1 saturated heterocycles. The van der Waals surface area contributed by atoms with E-state index in [0.717, 1.165) is 11.2 Å². The van der Waals surface area contributed by atoms with Gasteiger partial charge in [0.05, 0.1) is 34.7 Å². The highest BCUT2D eigenvalue weighted by atomic mass is 35.5. The Kier molecular flexibility index (Phi) is 9.04. The van der Waals surface area contributed by atoms with Crippen LogP contribution in [0.3, 0.4) is 0 Å². The summed E-state index contributed by atoms with van der Waals surface area (Å²) in [6.07, 6.45) is -7.66. The van der Waals surface area contributed by atoms with Crippen molar-refractivity contribution in [2.45, 2.75) is 31.6 Å². The molecule has 0 radical (unpaired) electrons. The average molecular weight is 663 g/mol. The van der Waals surface area contributed by atoms with Crippen LogP contribution >= 0.6 is 11.6 Å². The monoisotopic (exact) mass is 662 g/mol. The Labute approximate surface area is 256 Å². The van der Waals surface area contributed by atoms with Gasteiger partial charge in [0.2, 0.25) is 15.9 Å². The molecule has 44 heavy (non-hydrogen) atoms. The van der Waals surface area contributed by atoms with Crippen molar-refractivity contribution in [1.82, 2.24) is 9.29 Å². The fraction of sp³-hybridized carbons (Fsp3) is 0.379. The van der Waals surface area contributed by atoms with E-state index < -0.39 is 50.4 Å². The van der Waals surface area contributed by atoms with E-state index in [1.54, 1.807) is 30.3 Å². The highest BCUT2D eigenvalue weighted by Gasteiger charge is 2.41. The molecule has 0 unspecified atom stereocenters. The summed E-state index contributed by atoms with van der Waals surface area (Å²) in [5.41, 5.74) is -4.22. The number of halogens is 7. The summed E-state index contributed by atoms with van der Waals surface area (Å²) in [7, 11) is -2.02. The van der Waals surface area contributed by atoms with E-state index in [1.165, 1.54) is 31.4 Å². The number of hydrogen-bond acceptors (Lipinski definition) is 5. The molecule has 0 spiro atoms. The van der Waals surface area contributed by atoms with Crippen molar-refractivity contribution >= 4 is 39.0 Å². The number of likely N-dealkylation sites (N-methyl/N-ethyl adjacent to an activating group) is 1. The average Bonchev–Trinajstić information content (AvgIpc) is 2.95. The quantitative estimate of drug-likeness (QED) is 0.283. The van der Waals surface area contributed by atoms with Gasteiger partial charge in [0, 0.05) is 49.4 Å². The lowest BCUT2D eigenvalue weighted by molar-refractivity contribution is -0.143. The summed E-state index contributed by atoms with van der Waals surface area (Å²) < 4.78 is 107. The molecule has 4 rings (SSSR count). The molecular weight excluding hydrogens is 634 g/mol. The molecule has 7 nitrogen and oxygen atoms in total. The number of hydrogen-bond donors (Lipinski definition) is 0. The minimum atomic E-state index is -5.08. The van der Waals surface area contributed by atoms with Gasteiger partial charge in [-0.15, -0.1) is 0 Å². The van der Waals surface area contributed by atoms with Crippen molar-refractivity contribution in [2.24, 2.45) is 0 Å². The number of rotatable bonds is 6. The maximum atomic E-state index is 13.9. The predicted octanol–water partition coefficient (Wildman–Crippen LogP) is 6.46. The second kappa shape index (κ2) is 11.9. The third kappa shape index (κ3) is 6.97. The molecule has 1 aliphatic heterocycles. The number of nitrogens with zero attached hydrogens (tertiary/aromatic N) is 4. The van der Waals surface area contributed by atoms with Gasteiger partial charge in [-0.3, -0.25) is 4.79 Å². The molecule has 15 heteroatoms. The van der Waals surface area contributed by atoms with E-state index in [-0.39, 0.29) is 24.8 Å². The normalized spacial score (nSPS) is 15.4. The Balaban J connectivity index is 1.77. The van der Waals surface area contributed by atoms with E-state index in [4.69, 9.17) is 11.6 Å². The minimum absolute atomic E-state index is 0.0155. The minimum Gasteiger partial charge on any atom is -0.354 e. The molecule has 0 atom stereocenters. The fourth-order valence-corrected chi connectivity index (χ4v) is 6.05. The summed E-state index contributed by atoms with van der Waals surface area (Å²) in [6.45, 7) is 3.63. The highest BCUT2D eigenvalue weighted by Crippen LogP contribution is 2.41. The van der Waals surface area contributed by atoms with Gasteiger partial charge in [-0.1, -0.05) is 29.8 Å². The van der Waals surface area contributed by atoms with Crippen molar-refractivity contribution in [3.05, 3.63) is 76.4 Å². The van der Waals surface area contributed by atoms with Crippen molar-refractivity contribution < 1.29 is 39.6 Å². The molecule has 3 aromatic rings. The number of anilines is 2. The molecule has 2 heterocycles. The predicted molar refractivity (Wildman–Crippen MR) is 156 cm³/mol. The first-order valence-corrected chi connectivity index (χ1v) is 15.5. The van der Waals surface area contributed by atoms with Crippen LogP contribution in [-0.4, -0.2) is 63.1 Å². The van der Waals surface area contributed by atoms with Crippen molar-refractivity contribution in [1.29, 1.82) is 0 Å². The van der Waals surface area contributed by atoms with Gasteiger partial charge in [-0.05, 0) is 49.7 Å². The Bertz CT molecular complexity index is 1640. The van der Waals surface area contributed by atoms with Crippen LogP contribution in [0, 0.1) is 0 Å². The Morgan fingerprint density at radius 1 is 0.864 bits per heavy atom. The third-order valence-electron chi connectivity index (χ3n) is 7.57. The number of carbonyl (C=O) groups is 1. The third-order valence-corrected chi connectivity index (χ3v) is 9.21. The first kappa shape index (κ1) is 33.5. The largest absolute Gasteiger partial charge is 0.416 e. The lowest BCUT2D eigenvalue weighted by atomic mass is 9.81. The number of benzene rings is 2. The van der Waals surface area contributed by atoms with E-state index in [1.807, 2.05) is 4.90 Å². The van der Waals surface area contributed by atoms with Crippen molar-refractivity contribution in [3.8, 4) is 11.1 Å². The molecule has 1 fully saturated rings. The molecule has 1 aromatic heterocycles. The maximum Gasteiger partial charge on any atom is 0.416 e. The van der Waals surface area contributed by atoms with Crippen LogP contribution in [0.5, 0.6) is 0 Å². The van der Waals surface area contributed by atoms with E-state index in [0.29, 0.717) is 47.2 Å². The zero-order chi connectivity index (χ0) is 32.8. The molecule has 0 bridgehead atoms. The van der Waals surface area contributed by atoms with Gasteiger partial charge < -0.3 is 9.80 Å². The standard InChI is InChI=1S/C29H29ClF6N4O3S/c1-27(2,18-13-19(28(31,32)33)15-20(14-18)29(34,35)36)26(41)38(3)24-17-37-25(16-22(24)21-7-5-6-8-23(21)30)39-9-11-40(12-10-39)44(4,42)43/h5-8,13-17H,9-12H2,1-4H3. The van der Waals surface area contributed by atoms with Gasteiger partial charge in [0.1, 0.15) is 5.82 Å². The molecular formula is C29H29ClF6N4O3S. The zero-order valence-electron chi connectivity index (χ0n) is 24.1. The molecule has 0 saturated carbocycles. The van der Waals surface area contributed by atoms with Gasteiger partial charge in [-0.25, -0.2) is 13.4 Å². The van der Waals surface area contributed by atoms with Crippen LogP contribution in [0.4, 0.5) is 37.8 Å². The maximum absolute atomic E-state index is 13.9. The summed E-state index contributed by atoms with van der Waals surface area (Å²) >= 11 is 6.50. The topological polar surface area (TPSA) is 73.8 Å². The fourth-order valence-electron chi connectivity index (χ4n) is 4.99. The van der Waals surface area contributed by atoms with Gasteiger partial charge in [0.25, 0.3) is 0 Å². The van der Waals surface area contributed by atoms with Gasteiger partial charge >= 0.3 is 12.4 Å². The molecule has 0 aliphatic carbocycles. The number of piperazine rings is 1. The SMILES string of the molecule is CN(C(=O)C(C)(C)c1cc(C(F)(F)F)cc(C(F)(F)F)c1)c1cnc(N2CCN(S(C)(=O)=O)CC2)cc1-c1ccccc1Cl. The van der Waals surface area contributed by atoms with Gasteiger partial charge in [-0.2, -0.15) is 30.6 Å². The lowest BCUT2D eigenvalue weighted by Crippen LogP contribution is -2.48. The summed E-state index contributed by atoms with van der Waals surface area (Å²) in [6, 6.07) is 9.50. The van der Waals surface area contributed by atoms with Crippen molar-refractivity contribution in [2.75, 3.05) is 49.3 Å². The van der Waals surface area contributed by atoms with E-state index >= 15 is 0 Å².